The number of carbonyl (C=O) groups is 1. The number of hydrogen-bond donors (Lipinski definition) is 2. The molecule has 1 amide bonds. The standard InChI is InChI=1S/C10H16N4O3/c15-8-7-13-3-5-14(6-4-13)10(16)17-9-1-2-11-12-9/h1-2,15H,3-8H2,(H,11,12). The Balaban J connectivity index is 1.78. The van der Waals surface area contributed by atoms with E-state index < -0.39 is 0 Å². The summed E-state index contributed by atoms with van der Waals surface area (Å²) in [5, 5.41) is 15.1. The number of aliphatic hydroxyl groups is 1. The summed E-state index contributed by atoms with van der Waals surface area (Å²) in [4.78, 5) is 15.5. The van der Waals surface area contributed by atoms with Crippen molar-refractivity contribution >= 4 is 6.09 Å². The van der Waals surface area contributed by atoms with Crippen LogP contribution < -0.4 is 4.74 Å². The first-order valence-corrected chi connectivity index (χ1v) is 5.59. The smallest absolute Gasteiger partial charge is 0.395 e. The van der Waals surface area contributed by atoms with Crippen molar-refractivity contribution in [2.24, 2.45) is 0 Å². The van der Waals surface area contributed by atoms with Gasteiger partial charge in [0.2, 0.25) is 5.88 Å². The number of amides is 1. The zero-order valence-electron chi connectivity index (χ0n) is 9.50. The van der Waals surface area contributed by atoms with Gasteiger partial charge in [0.25, 0.3) is 0 Å². The number of hydrogen-bond acceptors (Lipinski definition) is 5. The summed E-state index contributed by atoms with van der Waals surface area (Å²) in [5.74, 6) is 0.354. The molecule has 2 rings (SSSR count). The number of ether oxygens (including phenoxy) is 1. The second-order valence-electron chi connectivity index (χ2n) is 3.84. The topological polar surface area (TPSA) is 81.7 Å². The molecule has 0 aliphatic carbocycles. The van der Waals surface area contributed by atoms with E-state index in [2.05, 4.69) is 15.1 Å². The Kier molecular flexibility index (Phi) is 3.94. The minimum absolute atomic E-state index is 0.151. The molecule has 1 aromatic heterocycles. The van der Waals surface area contributed by atoms with Crippen molar-refractivity contribution < 1.29 is 14.6 Å². The Morgan fingerprint density at radius 1 is 1.47 bits per heavy atom. The average Bonchev–Trinajstić information content (AvgIpc) is 2.83. The Morgan fingerprint density at radius 2 is 2.24 bits per heavy atom. The van der Waals surface area contributed by atoms with Gasteiger partial charge in [0, 0.05) is 38.8 Å². The summed E-state index contributed by atoms with van der Waals surface area (Å²) in [6, 6.07) is 1.60. The van der Waals surface area contributed by atoms with Crippen LogP contribution in [0, 0.1) is 0 Å². The summed E-state index contributed by atoms with van der Waals surface area (Å²) in [6.45, 7) is 3.57. The third kappa shape index (κ3) is 3.18. The quantitative estimate of drug-likeness (QED) is 0.745. The average molecular weight is 240 g/mol. The highest BCUT2D eigenvalue weighted by Gasteiger charge is 2.22. The van der Waals surface area contributed by atoms with Gasteiger partial charge in [-0.3, -0.25) is 4.90 Å². The molecule has 94 valence electrons. The highest BCUT2D eigenvalue weighted by Crippen LogP contribution is 2.07. The third-order valence-electron chi connectivity index (χ3n) is 2.72. The fourth-order valence-corrected chi connectivity index (χ4v) is 1.75. The molecule has 17 heavy (non-hydrogen) atoms. The van der Waals surface area contributed by atoms with E-state index in [4.69, 9.17) is 9.84 Å². The van der Waals surface area contributed by atoms with E-state index in [0.29, 0.717) is 25.5 Å². The van der Waals surface area contributed by atoms with Crippen molar-refractivity contribution in [2.45, 2.75) is 0 Å². The van der Waals surface area contributed by atoms with E-state index in [1.165, 1.54) is 6.20 Å². The van der Waals surface area contributed by atoms with Gasteiger partial charge in [-0.15, -0.1) is 0 Å². The Bertz CT molecular complexity index is 346. The zero-order chi connectivity index (χ0) is 12.1. The second-order valence-corrected chi connectivity index (χ2v) is 3.84. The lowest BCUT2D eigenvalue weighted by molar-refractivity contribution is 0.0997. The molecule has 0 bridgehead atoms. The Labute approximate surface area is 99.0 Å². The Hall–Kier alpha value is -1.60. The van der Waals surface area contributed by atoms with Crippen LogP contribution in [-0.2, 0) is 0 Å². The number of H-pyrrole nitrogens is 1. The van der Waals surface area contributed by atoms with Gasteiger partial charge in [-0.05, 0) is 0 Å². The second kappa shape index (κ2) is 5.65. The van der Waals surface area contributed by atoms with Gasteiger partial charge < -0.3 is 14.7 Å². The first kappa shape index (κ1) is 11.9. The van der Waals surface area contributed by atoms with Crippen molar-refractivity contribution in [1.82, 2.24) is 20.0 Å². The summed E-state index contributed by atoms with van der Waals surface area (Å²) in [7, 11) is 0. The van der Waals surface area contributed by atoms with Crippen LogP contribution in [0.5, 0.6) is 5.88 Å². The first-order valence-electron chi connectivity index (χ1n) is 5.59. The maximum Gasteiger partial charge on any atom is 0.416 e. The Morgan fingerprint density at radius 3 is 2.82 bits per heavy atom. The molecule has 2 N–H and O–H groups in total. The van der Waals surface area contributed by atoms with Crippen molar-refractivity contribution in [2.75, 3.05) is 39.3 Å². The SMILES string of the molecule is O=C(Oc1ccn[nH]1)N1CCN(CCO)CC1. The summed E-state index contributed by atoms with van der Waals surface area (Å²) in [6.07, 6.45) is 1.17. The van der Waals surface area contributed by atoms with E-state index >= 15 is 0 Å². The van der Waals surface area contributed by atoms with Crippen LogP contribution in [0.4, 0.5) is 4.79 Å². The number of nitrogens with zero attached hydrogens (tertiary/aromatic N) is 3. The molecule has 1 aliphatic heterocycles. The summed E-state index contributed by atoms with van der Waals surface area (Å²) in [5.41, 5.74) is 0. The largest absolute Gasteiger partial charge is 0.416 e. The monoisotopic (exact) mass is 240 g/mol. The van der Waals surface area contributed by atoms with Crippen molar-refractivity contribution in [3.63, 3.8) is 0 Å². The highest BCUT2D eigenvalue weighted by atomic mass is 16.6. The van der Waals surface area contributed by atoms with Crippen LogP contribution in [0.15, 0.2) is 12.3 Å². The van der Waals surface area contributed by atoms with Crippen LogP contribution >= 0.6 is 0 Å². The molecule has 0 atom stereocenters. The first-order chi connectivity index (χ1) is 8.29. The number of carbonyl (C=O) groups excluding carboxylic acids is 1. The maximum atomic E-state index is 11.7. The van der Waals surface area contributed by atoms with Crippen LogP contribution in [0.3, 0.4) is 0 Å². The predicted octanol–water partition coefficient (Wildman–Crippen LogP) is -0.482. The number of aromatic amines is 1. The fourth-order valence-electron chi connectivity index (χ4n) is 1.75. The minimum Gasteiger partial charge on any atom is -0.395 e. The lowest BCUT2D eigenvalue weighted by Crippen LogP contribution is -2.50. The van der Waals surface area contributed by atoms with Crippen molar-refractivity contribution in [3.8, 4) is 5.88 Å². The number of β-amino-alcohol motifs (C(OH)–C–C–N with tert-alkyl or cyclic N) is 1. The molecule has 2 heterocycles. The van der Waals surface area contributed by atoms with E-state index in [0.717, 1.165) is 13.1 Å². The molecule has 1 aromatic rings. The molecule has 0 unspecified atom stereocenters. The van der Waals surface area contributed by atoms with E-state index in [1.54, 1.807) is 11.0 Å². The van der Waals surface area contributed by atoms with Crippen molar-refractivity contribution in [3.05, 3.63) is 12.3 Å². The van der Waals surface area contributed by atoms with Crippen LogP contribution in [0.2, 0.25) is 0 Å². The molecule has 7 heteroatoms. The molecule has 0 spiro atoms. The van der Waals surface area contributed by atoms with Gasteiger partial charge in [0.1, 0.15) is 0 Å². The molecule has 7 nitrogen and oxygen atoms in total. The summed E-state index contributed by atoms with van der Waals surface area (Å²) >= 11 is 0. The number of aliphatic hydroxyl groups excluding tert-OH is 1. The van der Waals surface area contributed by atoms with E-state index in [1.807, 2.05) is 0 Å². The minimum atomic E-state index is -0.363. The van der Waals surface area contributed by atoms with Crippen LogP contribution in [0.25, 0.3) is 0 Å². The third-order valence-corrected chi connectivity index (χ3v) is 2.72. The van der Waals surface area contributed by atoms with E-state index in [-0.39, 0.29) is 12.7 Å². The zero-order valence-corrected chi connectivity index (χ0v) is 9.50. The maximum absolute atomic E-state index is 11.7. The number of nitrogens with one attached hydrogen (secondary N) is 1. The number of rotatable bonds is 3. The van der Waals surface area contributed by atoms with Crippen LogP contribution in [0.1, 0.15) is 0 Å². The molecule has 1 aliphatic rings. The fraction of sp³-hybridized carbons (Fsp3) is 0.600. The molecule has 1 saturated heterocycles. The molecule has 0 radical (unpaired) electrons. The highest BCUT2D eigenvalue weighted by molar-refractivity contribution is 5.70. The predicted molar refractivity (Wildman–Crippen MR) is 59.7 cm³/mol. The van der Waals surface area contributed by atoms with E-state index in [9.17, 15) is 4.79 Å². The van der Waals surface area contributed by atoms with Crippen LogP contribution in [-0.4, -0.2) is 70.5 Å². The lowest BCUT2D eigenvalue weighted by Gasteiger charge is -2.33. The van der Waals surface area contributed by atoms with Gasteiger partial charge in [0.05, 0.1) is 12.8 Å². The van der Waals surface area contributed by atoms with Gasteiger partial charge in [0.15, 0.2) is 0 Å². The molecular weight excluding hydrogens is 224 g/mol. The van der Waals surface area contributed by atoms with Gasteiger partial charge in [-0.25, -0.2) is 9.89 Å². The summed E-state index contributed by atoms with van der Waals surface area (Å²) < 4.78 is 5.09. The van der Waals surface area contributed by atoms with Gasteiger partial charge in [-0.2, -0.15) is 5.10 Å². The molecule has 0 saturated carbocycles. The number of aromatic nitrogens is 2. The van der Waals surface area contributed by atoms with Crippen molar-refractivity contribution in [1.29, 1.82) is 0 Å². The van der Waals surface area contributed by atoms with Gasteiger partial charge in [-0.1, -0.05) is 0 Å². The molecule has 0 aromatic carbocycles. The molecule has 1 fully saturated rings. The normalized spacial score (nSPS) is 17.1. The molecular formula is C10H16N4O3. The lowest BCUT2D eigenvalue weighted by atomic mass is 10.3. The number of piperazine rings is 1. The van der Waals surface area contributed by atoms with Gasteiger partial charge >= 0.3 is 6.09 Å².